The molecule has 2 aromatic heterocycles. The molecule has 4 atom stereocenters. The molecule has 11 rings (SSSR count). The number of rotatable bonds is 8. The summed E-state index contributed by atoms with van der Waals surface area (Å²) in [4.78, 5) is 27.8. The summed E-state index contributed by atoms with van der Waals surface area (Å²) in [5.74, 6) is 1.26. The number of hydrogen-bond donors (Lipinski definition) is 2. The smallest absolute Gasteiger partial charge is 0.330 e. The predicted molar refractivity (Wildman–Crippen MR) is 224 cm³/mol. The Bertz CT molecular complexity index is 3110. The second kappa shape index (κ2) is 13.6. The molecule has 2 aliphatic rings. The van der Waals surface area contributed by atoms with Crippen molar-refractivity contribution in [1.82, 2.24) is 24.5 Å². The first-order chi connectivity index (χ1) is 28.9. The Hall–Kier alpha value is -6.92. The van der Waals surface area contributed by atoms with E-state index in [1.165, 1.54) is 32.3 Å². The molecule has 11 heteroatoms. The van der Waals surface area contributed by atoms with E-state index >= 15 is 0 Å². The number of nitrogens with one attached hydrogen (secondary N) is 1. The number of H-pyrrole nitrogens is 1. The number of nitrogens with zero attached hydrogens (tertiary/aromatic N) is 4. The van der Waals surface area contributed by atoms with Gasteiger partial charge in [-0.2, -0.15) is 0 Å². The van der Waals surface area contributed by atoms with Gasteiger partial charge in [-0.3, -0.25) is 14.3 Å². The van der Waals surface area contributed by atoms with Crippen LogP contribution in [0.2, 0.25) is 0 Å². The van der Waals surface area contributed by atoms with Crippen molar-refractivity contribution >= 4 is 32.3 Å². The van der Waals surface area contributed by atoms with E-state index in [4.69, 9.17) is 19.3 Å². The second-order valence-corrected chi connectivity index (χ2v) is 15.4. The second-order valence-electron chi connectivity index (χ2n) is 15.4. The Morgan fingerprint density at radius 3 is 2.20 bits per heavy atom. The van der Waals surface area contributed by atoms with Crippen molar-refractivity contribution in [3.63, 3.8) is 0 Å². The third-order valence-electron chi connectivity index (χ3n) is 11.9. The van der Waals surface area contributed by atoms with Gasteiger partial charge in [0.25, 0.3) is 5.56 Å². The standard InChI is InChI=1S/C48H37N5O6/c1-28-25-53(47(56)49-46(28)55)42-24-38(54)45(58-42)41(59-48(32-12-3-2-4-13-32)35-14-5-7-16-39(35)57-40-17-8-6-15-36(40)48)27-52-26-37(50-51-52)33-22-20-31-19-18-29-10-9-11-30-21-23-34(33)44(31)43(29)30/h2-23,25-26,38,41-42,45,54H,24,27H2,1H3,(H,49,55,56)/t38-,41-,42+,45-/m0/s1. The van der Waals surface area contributed by atoms with Crippen LogP contribution in [-0.4, -0.2) is 48.0 Å². The number of ether oxygens (including phenoxy) is 3. The fourth-order valence-electron chi connectivity index (χ4n) is 9.21. The van der Waals surface area contributed by atoms with Crippen molar-refractivity contribution in [1.29, 1.82) is 0 Å². The van der Waals surface area contributed by atoms with Crippen molar-refractivity contribution in [3.05, 3.63) is 189 Å². The van der Waals surface area contributed by atoms with Crippen LogP contribution in [0.1, 0.15) is 34.9 Å². The highest BCUT2D eigenvalue weighted by atomic mass is 16.6. The maximum atomic E-state index is 13.1. The number of aliphatic hydroxyl groups is 1. The first-order valence-corrected chi connectivity index (χ1v) is 19.7. The van der Waals surface area contributed by atoms with Crippen LogP contribution < -0.4 is 16.0 Å². The first kappa shape index (κ1) is 35.3. The molecule has 2 aliphatic heterocycles. The lowest BCUT2D eigenvalue weighted by Gasteiger charge is -2.43. The van der Waals surface area contributed by atoms with Crippen LogP contribution in [0.15, 0.2) is 155 Å². The van der Waals surface area contributed by atoms with Crippen LogP contribution >= 0.6 is 0 Å². The molecule has 0 aliphatic carbocycles. The van der Waals surface area contributed by atoms with Gasteiger partial charge in [-0.15, -0.1) is 5.10 Å². The third-order valence-corrected chi connectivity index (χ3v) is 11.9. The fraction of sp³-hybridized carbons (Fsp3) is 0.167. The van der Waals surface area contributed by atoms with Gasteiger partial charge in [-0.1, -0.05) is 127 Å². The molecular weight excluding hydrogens is 743 g/mol. The van der Waals surface area contributed by atoms with Crippen molar-refractivity contribution in [3.8, 4) is 22.8 Å². The summed E-state index contributed by atoms with van der Waals surface area (Å²) >= 11 is 0. The van der Waals surface area contributed by atoms with Crippen LogP contribution in [0.4, 0.5) is 0 Å². The van der Waals surface area contributed by atoms with Gasteiger partial charge in [0.05, 0.1) is 18.8 Å². The lowest BCUT2D eigenvalue weighted by Crippen LogP contribution is -2.47. The molecule has 59 heavy (non-hydrogen) atoms. The topological polar surface area (TPSA) is 133 Å². The number of aromatic nitrogens is 5. The number of aliphatic hydroxyl groups excluding tert-OH is 1. The largest absolute Gasteiger partial charge is 0.457 e. The molecule has 9 aromatic rings. The van der Waals surface area contributed by atoms with Crippen LogP contribution in [0.5, 0.6) is 11.5 Å². The van der Waals surface area contributed by atoms with Gasteiger partial charge in [-0.25, -0.2) is 9.48 Å². The van der Waals surface area contributed by atoms with Gasteiger partial charge >= 0.3 is 5.69 Å². The van der Waals surface area contributed by atoms with Gasteiger partial charge in [-0.05, 0) is 56.9 Å². The van der Waals surface area contributed by atoms with Crippen LogP contribution in [0.3, 0.4) is 0 Å². The zero-order valence-electron chi connectivity index (χ0n) is 31.9. The molecule has 7 aromatic carbocycles. The van der Waals surface area contributed by atoms with E-state index in [2.05, 4.69) is 64.8 Å². The van der Waals surface area contributed by atoms with Crippen LogP contribution in [0, 0.1) is 6.92 Å². The number of aromatic amines is 1. The lowest BCUT2D eigenvalue weighted by molar-refractivity contribution is -0.151. The van der Waals surface area contributed by atoms with Gasteiger partial charge in [0.2, 0.25) is 0 Å². The Morgan fingerprint density at radius 1 is 0.797 bits per heavy atom. The Labute approximate surface area is 337 Å². The van der Waals surface area contributed by atoms with E-state index in [0.29, 0.717) is 22.8 Å². The molecule has 0 amide bonds. The summed E-state index contributed by atoms with van der Waals surface area (Å²) in [7, 11) is 0. The number of benzene rings is 7. The molecule has 2 N–H and O–H groups in total. The molecule has 0 radical (unpaired) electrons. The normalized spacial score (nSPS) is 18.8. The highest BCUT2D eigenvalue weighted by Crippen LogP contribution is 2.53. The molecule has 11 nitrogen and oxygen atoms in total. The summed E-state index contributed by atoms with van der Waals surface area (Å²) in [6, 6.07) is 44.7. The Balaban J connectivity index is 1.05. The Morgan fingerprint density at radius 2 is 1.46 bits per heavy atom. The van der Waals surface area contributed by atoms with Crippen LogP contribution in [0.25, 0.3) is 43.6 Å². The van der Waals surface area contributed by atoms with Crippen LogP contribution in [-0.2, 0) is 21.6 Å². The zero-order valence-corrected chi connectivity index (χ0v) is 31.9. The summed E-state index contributed by atoms with van der Waals surface area (Å²) < 4.78 is 23.8. The van der Waals surface area contributed by atoms with Crippen molar-refractivity contribution in [2.75, 3.05) is 0 Å². The predicted octanol–water partition coefficient (Wildman–Crippen LogP) is 7.83. The highest BCUT2D eigenvalue weighted by Gasteiger charge is 2.50. The van der Waals surface area contributed by atoms with E-state index < -0.39 is 41.4 Å². The third kappa shape index (κ3) is 5.61. The summed E-state index contributed by atoms with van der Waals surface area (Å²) in [5.41, 5.74) is 2.03. The minimum absolute atomic E-state index is 0.0792. The number of aryl methyl sites for hydroxylation is 1. The van der Waals surface area contributed by atoms with Gasteiger partial charge in [0.1, 0.15) is 35.6 Å². The molecule has 290 valence electrons. The van der Waals surface area contributed by atoms with Gasteiger partial charge in [0, 0.05) is 34.9 Å². The van der Waals surface area contributed by atoms with E-state index in [0.717, 1.165) is 33.0 Å². The number of hydrogen-bond acceptors (Lipinski definition) is 8. The highest BCUT2D eigenvalue weighted by molar-refractivity contribution is 6.25. The minimum Gasteiger partial charge on any atom is -0.457 e. The van der Waals surface area contributed by atoms with E-state index in [9.17, 15) is 14.7 Å². The molecule has 0 bridgehead atoms. The summed E-state index contributed by atoms with van der Waals surface area (Å²) in [5, 5.41) is 28.3. The van der Waals surface area contributed by atoms with Crippen molar-refractivity contribution in [2.45, 2.75) is 50.0 Å². The molecule has 1 saturated heterocycles. The Kier molecular flexibility index (Phi) is 8.12. The zero-order chi connectivity index (χ0) is 39.8. The molecule has 4 heterocycles. The SMILES string of the molecule is Cc1cn([C@H]2C[C@H](O)[C@@H]([C@H](Cn3cc(-c4ccc5ccc6cccc7ccc4c5c67)nn3)OC3(c4ccccc4)c4ccccc4Oc4ccccc43)O2)c(=O)[nH]c1=O. The maximum Gasteiger partial charge on any atom is 0.330 e. The minimum atomic E-state index is -1.24. The summed E-state index contributed by atoms with van der Waals surface area (Å²) in [6.45, 7) is 1.74. The molecule has 0 unspecified atom stereocenters. The molecule has 1 fully saturated rings. The van der Waals surface area contributed by atoms with E-state index in [1.54, 1.807) is 11.6 Å². The molecular formula is C48H37N5O6. The number of fused-ring (bicyclic) bond motifs is 2. The van der Waals surface area contributed by atoms with E-state index in [-0.39, 0.29) is 13.0 Å². The maximum absolute atomic E-state index is 13.1. The average Bonchev–Trinajstić information content (AvgIpc) is 3.90. The quantitative estimate of drug-likeness (QED) is 0.149. The van der Waals surface area contributed by atoms with Gasteiger partial charge in [0.15, 0.2) is 5.60 Å². The molecule has 0 saturated carbocycles. The molecule has 0 spiro atoms. The average molecular weight is 780 g/mol. The number of para-hydroxylation sites is 2. The van der Waals surface area contributed by atoms with Crippen molar-refractivity contribution < 1.29 is 19.3 Å². The summed E-state index contributed by atoms with van der Waals surface area (Å²) in [6.07, 6.45) is -0.340. The monoisotopic (exact) mass is 779 g/mol. The lowest BCUT2D eigenvalue weighted by atomic mass is 9.77. The first-order valence-electron chi connectivity index (χ1n) is 19.7. The van der Waals surface area contributed by atoms with E-state index in [1.807, 2.05) is 85.1 Å². The van der Waals surface area contributed by atoms with Gasteiger partial charge < -0.3 is 19.3 Å². The fourth-order valence-corrected chi connectivity index (χ4v) is 9.21. The van der Waals surface area contributed by atoms with Crippen molar-refractivity contribution in [2.24, 2.45) is 0 Å².